The summed E-state index contributed by atoms with van der Waals surface area (Å²) in [6, 6.07) is 6.36. The van der Waals surface area contributed by atoms with Crippen molar-refractivity contribution in [3.05, 3.63) is 64.5 Å². The fourth-order valence-electron chi connectivity index (χ4n) is 2.59. The lowest BCUT2D eigenvalue weighted by molar-refractivity contribution is -0.116. The van der Waals surface area contributed by atoms with Gasteiger partial charge in [-0.3, -0.25) is 14.2 Å². The van der Waals surface area contributed by atoms with E-state index in [2.05, 4.69) is 15.5 Å². The van der Waals surface area contributed by atoms with E-state index in [1.807, 2.05) is 19.9 Å². The quantitative estimate of drug-likeness (QED) is 0.759. The van der Waals surface area contributed by atoms with Crippen molar-refractivity contribution in [3.63, 3.8) is 0 Å². The Morgan fingerprint density at radius 1 is 1.36 bits per heavy atom. The molecule has 3 rings (SSSR count). The van der Waals surface area contributed by atoms with E-state index < -0.39 is 0 Å². The lowest BCUT2D eigenvalue weighted by Crippen LogP contribution is -2.19. The van der Waals surface area contributed by atoms with Crippen LogP contribution >= 0.6 is 11.6 Å². The number of carbonyl (C=O) groups excluding carboxylic acids is 1. The fourth-order valence-corrected chi connectivity index (χ4v) is 2.75. The van der Waals surface area contributed by atoms with Crippen molar-refractivity contribution in [1.29, 1.82) is 0 Å². The van der Waals surface area contributed by atoms with Gasteiger partial charge < -0.3 is 5.32 Å². The normalized spacial score (nSPS) is 10.9. The molecule has 0 fully saturated rings. The molecule has 2 heterocycles. The van der Waals surface area contributed by atoms with Crippen LogP contribution in [-0.4, -0.2) is 25.5 Å². The lowest BCUT2D eigenvalue weighted by Gasteiger charge is -2.07. The maximum Gasteiger partial charge on any atom is 0.246 e. The van der Waals surface area contributed by atoms with E-state index in [0.717, 1.165) is 11.3 Å². The van der Waals surface area contributed by atoms with Crippen molar-refractivity contribution >= 4 is 23.2 Å². The number of anilines is 1. The Balaban J connectivity index is 1.74. The summed E-state index contributed by atoms with van der Waals surface area (Å²) < 4.78 is 16.5. The average molecular weight is 362 g/mol. The van der Waals surface area contributed by atoms with Crippen molar-refractivity contribution in [3.8, 4) is 0 Å². The van der Waals surface area contributed by atoms with Crippen LogP contribution < -0.4 is 5.32 Å². The summed E-state index contributed by atoms with van der Waals surface area (Å²) in [4.78, 5) is 12.2. The van der Waals surface area contributed by atoms with E-state index in [4.69, 9.17) is 11.6 Å². The molecule has 6 nitrogen and oxygen atoms in total. The smallest absolute Gasteiger partial charge is 0.246 e. The highest BCUT2D eigenvalue weighted by Crippen LogP contribution is 2.20. The van der Waals surface area contributed by atoms with Crippen LogP contribution in [0.1, 0.15) is 17.0 Å². The van der Waals surface area contributed by atoms with Crippen LogP contribution in [0.5, 0.6) is 0 Å². The minimum Gasteiger partial charge on any atom is -0.321 e. The number of halogens is 2. The molecule has 0 unspecified atom stereocenters. The molecular weight excluding hydrogens is 345 g/mol. The predicted octanol–water partition coefficient (Wildman–Crippen LogP) is 3.18. The second kappa shape index (κ2) is 7.06. The monoisotopic (exact) mass is 361 g/mol. The van der Waals surface area contributed by atoms with Gasteiger partial charge in [-0.25, -0.2) is 4.39 Å². The van der Waals surface area contributed by atoms with Crippen molar-refractivity contribution in [2.24, 2.45) is 0 Å². The number of aryl methyl sites for hydroxylation is 1. The van der Waals surface area contributed by atoms with Gasteiger partial charge in [0.1, 0.15) is 12.4 Å². The standard InChI is InChI=1S/C17H17ClFN5O/c1-11-17(21-16(25)10-23-9-14(18)7-20-23)12(2)24(22-11)8-13-4-3-5-15(19)6-13/h3-7,9H,8,10H2,1-2H3,(H,21,25). The van der Waals surface area contributed by atoms with E-state index in [1.165, 1.54) is 23.0 Å². The third-order valence-corrected chi connectivity index (χ3v) is 3.97. The maximum atomic E-state index is 13.3. The molecule has 1 N–H and O–H groups in total. The molecule has 0 bridgehead atoms. The van der Waals surface area contributed by atoms with Crippen LogP contribution in [0.2, 0.25) is 5.02 Å². The minimum atomic E-state index is -0.287. The second-order valence-electron chi connectivity index (χ2n) is 5.74. The number of amides is 1. The Bertz CT molecular complexity index is 918. The molecule has 0 saturated carbocycles. The van der Waals surface area contributed by atoms with Gasteiger partial charge in [0.2, 0.25) is 5.91 Å². The number of rotatable bonds is 5. The van der Waals surface area contributed by atoms with E-state index in [0.29, 0.717) is 22.9 Å². The Morgan fingerprint density at radius 3 is 2.84 bits per heavy atom. The molecule has 0 atom stereocenters. The summed E-state index contributed by atoms with van der Waals surface area (Å²) in [5.74, 6) is -0.512. The van der Waals surface area contributed by atoms with Crippen LogP contribution in [0.3, 0.4) is 0 Å². The number of nitrogens with zero attached hydrogens (tertiary/aromatic N) is 4. The van der Waals surface area contributed by atoms with Crippen LogP contribution in [0.15, 0.2) is 36.7 Å². The molecule has 0 spiro atoms. The largest absolute Gasteiger partial charge is 0.321 e. The zero-order valence-corrected chi connectivity index (χ0v) is 14.6. The highest BCUT2D eigenvalue weighted by molar-refractivity contribution is 6.30. The van der Waals surface area contributed by atoms with Crippen LogP contribution in [0, 0.1) is 19.7 Å². The molecule has 3 aromatic rings. The van der Waals surface area contributed by atoms with Crippen LogP contribution in [-0.2, 0) is 17.9 Å². The topological polar surface area (TPSA) is 64.7 Å². The number of carbonyl (C=O) groups is 1. The van der Waals surface area contributed by atoms with Gasteiger partial charge in [0.15, 0.2) is 0 Å². The highest BCUT2D eigenvalue weighted by atomic mass is 35.5. The van der Waals surface area contributed by atoms with Crippen LogP contribution in [0.25, 0.3) is 0 Å². The zero-order chi connectivity index (χ0) is 18.0. The molecule has 0 aliphatic rings. The van der Waals surface area contributed by atoms with Crippen molar-refractivity contribution in [1.82, 2.24) is 19.6 Å². The SMILES string of the molecule is Cc1nn(Cc2cccc(F)c2)c(C)c1NC(=O)Cn1cc(Cl)cn1. The van der Waals surface area contributed by atoms with Gasteiger partial charge in [-0.05, 0) is 31.5 Å². The Morgan fingerprint density at radius 2 is 2.16 bits per heavy atom. The molecule has 0 aliphatic carbocycles. The van der Waals surface area contributed by atoms with Crippen molar-refractivity contribution in [2.45, 2.75) is 26.9 Å². The van der Waals surface area contributed by atoms with Gasteiger partial charge in [0.05, 0.1) is 34.8 Å². The molecule has 0 radical (unpaired) electrons. The van der Waals surface area contributed by atoms with Gasteiger partial charge in [0.25, 0.3) is 0 Å². The molecule has 0 aliphatic heterocycles. The molecule has 25 heavy (non-hydrogen) atoms. The third-order valence-electron chi connectivity index (χ3n) is 3.77. The van der Waals surface area contributed by atoms with E-state index >= 15 is 0 Å². The Labute approximate surface area is 149 Å². The summed E-state index contributed by atoms with van der Waals surface area (Å²) in [5.41, 5.74) is 2.95. The number of aromatic nitrogens is 4. The van der Waals surface area contributed by atoms with Crippen molar-refractivity contribution < 1.29 is 9.18 Å². The van der Waals surface area contributed by atoms with E-state index in [-0.39, 0.29) is 18.3 Å². The van der Waals surface area contributed by atoms with Crippen molar-refractivity contribution in [2.75, 3.05) is 5.32 Å². The first-order chi connectivity index (χ1) is 11.9. The molecule has 1 amide bonds. The highest BCUT2D eigenvalue weighted by Gasteiger charge is 2.15. The number of hydrogen-bond donors (Lipinski definition) is 1. The fraction of sp³-hybridized carbons (Fsp3) is 0.235. The molecular formula is C17H17ClFN5O. The number of benzene rings is 1. The van der Waals surface area contributed by atoms with Gasteiger partial charge >= 0.3 is 0 Å². The van der Waals surface area contributed by atoms with Gasteiger partial charge in [-0.15, -0.1) is 0 Å². The lowest BCUT2D eigenvalue weighted by atomic mass is 10.2. The summed E-state index contributed by atoms with van der Waals surface area (Å²) in [5, 5.41) is 11.7. The number of hydrogen-bond acceptors (Lipinski definition) is 3. The molecule has 2 aromatic heterocycles. The summed E-state index contributed by atoms with van der Waals surface area (Å²) >= 11 is 5.79. The van der Waals surface area contributed by atoms with E-state index in [1.54, 1.807) is 16.9 Å². The Hall–Kier alpha value is -2.67. The third kappa shape index (κ3) is 4.06. The molecule has 8 heteroatoms. The predicted molar refractivity (Wildman–Crippen MR) is 93.1 cm³/mol. The summed E-state index contributed by atoms with van der Waals surface area (Å²) in [6.07, 6.45) is 3.05. The summed E-state index contributed by atoms with van der Waals surface area (Å²) in [6.45, 7) is 4.16. The average Bonchev–Trinajstić information content (AvgIpc) is 3.06. The van der Waals surface area contributed by atoms with Gasteiger partial charge in [-0.2, -0.15) is 10.2 Å². The number of nitrogens with one attached hydrogen (secondary N) is 1. The Kier molecular flexibility index (Phi) is 4.85. The summed E-state index contributed by atoms with van der Waals surface area (Å²) in [7, 11) is 0. The van der Waals surface area contributed by atoms with E-state index in [9.17, 15) is 9.18 Å². The minimum absolute atomic E-state index is 0.0562. The second-order valence-corrected chi connectivity index (χ2v) is 6.17. The zero-order valence-electron chi connectivity index (χ0n) is 13.8. The van der Waals surface area contributed by atoms with Crippen LogP contribution in [0.4, 0.5) is 10.1 Å². The van der Waals surface area contributed by atoms with Gasteiger partial charge in [-0.1, -0.05) is 23.7 Å². The first-order valence-corrected chi connectivity index (χ1v) is 8.06. The maximum absolute atomic E-state index is 13.3. The molecule has 0 saturated heterocycles. The first-order valence-electron chi connectivity index (χ1n) is 7.68. The first kappa shape index (κ1) is 17.2. The van der Waals surface area contributed by atoms with Gasteiger partial charge in [0, 0.05) is 6.20 Å². The molecule has 1 aromatic carbocycles. The molecule has 130 valence electrons.